The number of likely N-dealkylation sites (tertiary alicyclic amines) is 1. The first-order chi connectivity index (χ1) is 11.0. The maximum atomic E-state index is 12.1. The van der Waals surface area contributed by atoms with Crippen LogP contribution in [0.4, 0.5) is 4.79 Å². The van der Waals surface area contributed by atoms with Gasteiger partial charge in [0.15, 0.2) is 0 Å². The monoisotopic (exact) mass is 331 g/mol. The van der Waals surface area contributed by atoms with E-state index in [2.05, 4.69) is 45.0 Å². The molecule has 0 N–H and O–H groups in total. The van der Waals surface area contributed by atoms with E-state index in [1.165, 1.54) is 11.1 Å². The summed E-state index contributed by atoms with van der Waals surface area (Å²) in [6.07, 6.45) is 3.04. The molecule has 3 heteroatoms. The number of rotatable bonds is 2. The van der Waals surface area contributed by atoms with Crippen LogP contribution in [0.2, 0.25) is 0 Å². The molecular weight excluding hydrogens is 298 g/mol. The van der Waals surface area contributed by atoms with E-state index in [-0.39, 0.29) is 11.5 Å². The van der Waals surface area contributed by atoms with Gasteiger partial charge >= 0.3 is 6.09 Å². The first-order valence-corrected chi connectivity index (χ1v) is 9.12. The molecule has 1 aliphatic rings. The maximum Gasteiger partial charge on any atom is 0.410 e. The second-order valence-electron chi connectivity index (χ2n) is 9.06. The Bertz CT molecular complexity index is 541. The van der Waals surface area contributed by atoms with Gasteiger partial charge in [0.05, 0.1) is 0 Å². The zero-order valence-corrected chi connectivity index (χ0v) is 16.2. The lowest BCUT2D eigenvalue weighted by atomic mass is 9.85. The van der Waals surface area contributed by atoms with Gasteiger partial charge in [-0.3, -0.25) is 0 Å². The predicted molar refractivity (Wildman–Crippen MR) is 99.4 cm³/mol. The Balaban J connectivity index is 1.84. The van der Waals surface area contributed by atoms with Gasteiger partial charge in [-0.15, -0.1) is 0 Å². The fourth-order valence-corrected chi connectivity index (χ4v) is 3.12. The Hall–Kier alpha value is -1.51. The van der Waals surface area contributed by atoms with Crippen molar-refractivity contribution >= 4 is 6.09 Å². The second-order valence-corrected chi connectivity index (χ2v) is 9.06. The van der Waals surface area contributed by atoms with E-state index in [9.17, 15) is 4.79 Å². The summed E-state index contributed by atoms with van der Waals surface area (Å²) in [5.74, 6) is 0.657. The van der Waals surface area contributed by atoms with Crippen molar-refractivity contribution in [1.82, 2.24) is 4.90 Å². The molecule has 1 aliphatic heterocycles. The molecule has 0 aliphatic carbocycles. The lowest BCUT2D eigenvalue weighted by Gasteiger charge is -2.33. The summed E-state index contributed by atoms with van der Waals surface area (Å²) in [4.78, 5) is 14.0. The summed E-state index contributed by atoms with van der Waals surface area (Å²) in [6.45, 7) is 14.1. The number of carbonyl (C=O) groups excluding carboxylic acids is 1. The number of benzene rings is 1. The van der Waals surface area contributed by atoms with Crippen LogP contribution < -0.4 is 0 Å². The normalized spacial score (nSPS) is 17.0. The van der Waals surface area contributed by atoms with Crippen molar-refractivity contribution in [3.8, 4) is 0 Å². The maximum absolute atomic E-state index is 12.1. The highest BCUT2D eigenvalue weighted by Gasteiger charge is 2.26. The van der Waals surface area contributed by atoms with Crippen LogP contribution in [0.1, 0.15) is 65.5 Å². The Morgan fingerprint density at radius 2 is 1.58 bits per heavy atom. The van der Waals surface area contributed by atoms with Gasteiger partial charge in [-0.05, 0) is 62.5 Å². The predicted octanol–water partition coefficient (Wildman–Crippen LogP) is 5.17. The largest absolute Gasteiger partial charge is 0.444 e. The minimum atomic E-state index is -0.414. The Labute approximate surface area is 147 Å². The lowest BCUT2D eigenvalue weighted by Crippen LogP contribution is -2.42. The number of nitrogens with zero attached hydrogens (tertiary/aromatic N) is 1. The molecule has 0 radical (unpaired) electrons. The van der Waals surface area contributed by atoms with Crippen molar-refractivity contribution in [2.75, 3.05) is 13.1 Å². The highest BCUT2D eigenvalue weighted by molar-refractivity contribution is 5.68. The SMILES string of the molecule is CC(C)(C)OC(=O)N1CCC(Cc2ccc(C(C)(C)C)cc2)CC1. The minimum absolute atomic E-state index is 0.171. The van der Waals surface area contributed by atoms with E-state index in [0.717, 1.165) is 32.4 Å². The number of hydrogen-bond acceptors (Lipinski definition) is 2. The average molecular weight is 332 g/mol. The molecule has 2 rings (SSSR count). The lowest BCUT2D eigenvalue weighted by molar-refractivity contribution is 0.0184. The van der Waals surface area contributed by atoms with Crippen molar-refractivity contribution < 1.29 is 9.53 Å². The molecule has 1 aromatic rings. The first-order valence-electron chi connectivity index (χ1n) is 9.12. The fraction of sp³-hybridized carbons (Fsp3) is 0.667. The smallest absolute Gasteiger partial charge is 0.410 e. The summed E-state index contributed by atoms with van der Waals surface area (Å²) in [5, 5.41) is 0. The third-order valence-electron chi connectivity index (χ3n) is 4.61. The van der Waals surface area contributed by atoms with E-state index in [1.807, 2.05) is 25.7 Å². The number of hydrogen-bond donors (Lipinski definition) is 0. The fourth-order valence-electron chi connectivity index (χ4n) is 3.12. The van der Waals surface area contributed by atoms with Crippen molar-refractivity contribution in [2.24, 2.45) is 5.92 Å². The van der Waals surface area contributed by atoms with E-state index in [1.54, 1.807) is 0 Å². The summed E-state index contributed by atoms with van der Waals surface area (Å²) < 4.78 is 5.46. The number of amides is 1. The number of piperidine rings is 1. The molecule has 0 unspecified atom stereocenters. The second kappa shape index (κ2) is 7.16. The molecular formula is C21H33NO2. The highest BCUT2D eigenvalue weighted by atomic mass is 16.6. The third kappa shape index (κ3) is 5.54. The van der Waals surface area contributed by atoms with Crippen LogP contribution in [0.5, 0.6) is 0 Å². The van der Waals surface area contributed by atoms with Crippen molar-refractivity contribution in [1.29, 1.82) is 0 Å². The zero-order valence-electron chi connectivity index (χ0n) is 16.2. The highest BCUT2D eigenvalue weighted by Crippen LogP contribution is 2.26. The van der Waals surface area contributed by atoms with Crippen LogP contribution in [0, 0.1) is 5.92 Å². The van der Waals surface area contributed by atoms with Gasteiger partial charge in [0, 0.05) is 13.1 Å². The van der Waals surface area contributed by atoms with E-state index < -0.39 is 5.60 Å². The van der Waals surface area contributed by atoms with Crippen LogP contribution in [0.25, 0.3) is 0 Å². The zero-order chi connectivity index (χ0) is 18.0. The van der Waals surface area contributed by atoms with Crippen LogP contribution in [-0.2, 0) is 16.6 Å². The van der Waals surface area contributed by atoms with Gasteiger partial charge in [0.2, 0.25) is 0 Å². The molecule has 1 heterocycles. The minimum Gasteiger partial charge on any atom is -0.444 e. The molecule has 24 heavy (non-hydrogen) atoms. The van der Waals surface area contributed by atoms with Gasteiger partial charge in [-0.2, -0.15) is 0 Å². The van der Waals surface area contributed by atoms with Gasteiger partial charge in [-0.1, -0.05) is 45.0 Å². The standard InChI is InChI=1S/C21H33NO2/c1-20(2,3)18-9-7-16(8-10-18)15-17-11-13-22(14-12-17)19(23)24-21(4,5)6/h7-10,17H,11-15H2,1-6H3. The van der Waals surface area contributed by atoms with Crippen LogP contribution in [0.3, 0.4) is 0 Å². The molecule has 1 amide bonds. The van der Waals surface area contributed by atoms with E-state index in [0.29, 0.717) is 5.92 Å². The van der Waals surface area contributed by atoms with Crippen molar-refractivity contribution in [3.63, 3.8) is 0 Å². The molecule has 0 aromatic heterocycles. The van der Waals surface area contributed by atoms with E-state index >= 15 is 0 Å². The molecule has 134 valence electrons. The van der Waals surface area contributed by atoms with Gasteiger partial charge in [0.25, 0.3) is 0 Å². The number of carbonyl (C=O) groups is 1. The molecule has 0 spiro atoms. The summed E-state index contributed by atoms with van der Waals surface area (Å²) in [6, 6.07) is 9.04. The molecule has 0 saturated carbocycles. The van der Waals surface area contributed by atoms with Crippen LogP contribution in [-0.4, -0.2) is 29.7 Å². The molecule has 0 bridgehead atoms. The average Bonchev–Trinajstić information content (AvgIpc) is 2.46. The summed E-state index contributed by atoms with van der Waals surface area (Å²) in [7, 11) is 0. The van der Waals surface area contributed by atoms with Crippen LogP contribution in [0.15, 0.2) is 24.3 Å². The molecule has 3 nitrogen and oxygen atoms in total. The molecule has 0 atom stereocenters. The third-order valence-corrected chi connectivity index (χ3v) is 4.61. The van der Waals surface area contributed by atoms with Gasteiger partial charge < -0.3 is 9.64 Å². The van der Waals surface area contributed by atoms with Gasteiger partial charge in [0.1, 0.15) is 5.60 Å². The van der Waals surface area contributed by atoms with Crippen molar-refractivity contribution in [3.05, 3.63) is 35.4 Å². The Kier molecular flexibility index (Phi) is 5.62. The Morgan fingerprint density at radius 1 is 1.04 bits per heavy atom. The van der Waals surface area contributed by atoms with Gasteiger partial charge in [-0.25, -0.2) is 4.79 Å². The molecule has 1 saturated heterocycles. The Morgan fingerprint density at radius 3 is 2.04 bits per heavy atom. The first kappa shape index (κ1) is 18.8. The number of ether oxygens (including phenoxy) is 1. The summed E-state index contributed by atoms with van der Waals surface area (Å²) in [5.41, 5.74) is 2.57. The van der Waals surface area contributed by atoms with Crippen LogP contribution >= 0.6 is 0 Å². The molecule has 1 aromatic carbocycles. The van der Waals surface area contributed by atoms with Crippen molar-refractivity contribution in [2.45, 2.75) is 71.8 Å². The van der Waals surface area contributed by atoms with E-state index in [4.69, 9.17) is 4.74 Å². The topological polar surface area (TPSA) is 29.5 Å². The quantitative estimate of drug-likeness (QED) is 0.748. The summed E-state index contributed by atoms with van der Waals surface area (Å²) >= 11 is 0. The molecule has 1 fully saturated rings.